The van der Waals surface area contributed by atoms with Crippen LogP contribution in [0, 0.1) is 0 Å². The van der Waals surface area contributed by atoms with Crippen molar-refractivity contribution < 1.29 is 9.59 Å². The molecule has 0 saturated heterocycles. The average molecular weight is 416 g/mol. The van der Waals surface area contributed by atoms with Crippen LogP contribution in [-0.4, -0.2) is 32.8 Å². The van der Waals surface area contributed by atoms with Crippen LogP contribution >= 0.6 is 23.4 Å². The van der Waals surface area contributed by atoms with Gasteiger partial charge in [0.05, 0.1) is 10.6 Å². The summed E-state index contributed by atoms with van der Waals surface area (Å²) in [5.41, 5.74) is 1.61. The molecule has 0 aliphatic carbocycles. The average Bonchev–Trinajstić information content (AvgIpc) is 3.24. The second-order valence-electron chi connectivity index (χ2n) is 5.92. The monoisotopic (exact) mass is 415 g/mol. The van der Waals surface area contributed by atoms with Crippen molar-refractivity contribution in [3.8, 4) is 0 Å². The number of hydrogen-bond donors (Lipinski definition) is 2. The number of aromatic nitrogens is 3. The SMILES string of the molecule is CSc1ccc(Cl)c(C(=O)Nc2ccc(NC(=O)[C@@H](C)n3cncn3)cc2)c1. The lowest BCUT2D eigenvalue weighted by atomic mass is 10.2. The van der Waals surface area contributed by atoms with Crippen LogP contribution in [0.5, 0.6) is 0 Å². The summed E-state index contributed by atoms with van der Waals surface area (Å²) in [6, 6.07) is 11.7. The number of rotatable bonds is 6. The maximum absolute atomic E-state index is 12.5. The van der Waals surface area contributed by atoms with Crippen molar-refractivity contribution in [1.29, 1.82) is 0 Å². The van der Waals surface area contributed by atoms with Gasteiger partial charge in [-0.25, -0.2) is 9.67 Å². The van der Waals surface area contributed by atoms with Crippen molar-refractivity contribution in [2.45, 2.75) is 17.9 Å². The molecule has 0 unspecified atom stereocenters. The largest absolute Gasteiger partial charge is 0.324 e. The Labute approximate surface area is 171 Å². The zero-order valence-electron chi connectivity index (χ0n) is 15.2. The van der Waals surface area contributed by atoms with Gasteiger partial charge in [0.2, 0.25) is 5.91 Å². The van der Waals surface area contributed by atoms with Gasteiger partial charge in [0.1, 0.15) is 18.7 Å². The molecule has 0 fully saturated rings. The van der Waals surface area contributed by atoms with E-state index in [-0.39, 0.29) is 11.8 Å². The molecule has 9 heteroatoms. The highest BCUT2D eigenvalue weighted by Gasteiger charge is 2.16. The number of anilines is 2. The standard InChI is InChI=1S/C19H18ClN5O2S/c1-12(25-11-21-10-22-25)18(26)23-13-3-5-14(6-4-13)24-19(27)16-9-15(28-2)7-8-17(16)20/h3-12H,1-2H3,(H,23,26)(H,24,27)/t12-/m1/s1. The van der Waals surface area contributed by atoms with Crippen LogP contribution in [0.2, 0.25) is 5.02 Å². The van der Waals surface area contributed by atoms with Crippen molar-refractivity contribution >= 4 is 46.6 Å². The molecule has 3 rings (SSSR count). The quantitative estimate of drug-likeness (QED) is 0.591. The minimum atomic E-state index is -0.493. The summed E-state index contributed by atoms with van der Waals surface area (Å²) in [7, 11) is 0. The minimum absolute atomic E-state index is 0.219. The van der Waals surface area contributed by atoms with Gasteiger partial charge >= 0.3 is 0 Å². The van der Waals surface area contributed by atoms with Crippen LogP contribution in [0.15, 0.2) is 60.0 Å². The molecular weight excluding hydrogens is 398 g/mol. The van der Waals surface area contributed by atoms with E-state index in [1.165, 1.54) is 29.1 Å². The molecular formula is C19H18ClN5O2S. The summed E-state index contributed by atoms with van der Waals surface area (Å²) in [4.78, 5) is 29.6. The molecule has 2 aromatic carbocycles. The zero-order valence-corrected chi connectivity index (χ0v) is 16.8. The van der Waals surface area contributed by atoms with E-state index >= 15 is 0 Å². The lowest BCUT2D eigenvalue weighted by Gasteiger charge is -2.13. The predicted molar refractivity (Wildman–Crippen MR) is 111 cm³/mol. The highest BCUT2D eigenvalue weighted by molar-refractivity contribution is 7.98. The fourth-order valence-corrected chi connectivity index (χ4v) is 3.07. The van der Waals surface area contributed by atoms with E-state index in [1.807, 2.05) is 12.3 Å². The Morgan fingerprint density at radius 3 is 2.39 bits per heavy atom. The highest BCUT2D eigenvalue weighted by Crippen LogP contribution is 2.24. The molecule has 0 aliphatic heterocycles. The molecule has 1 atom stereocenters. The molecule has 0 aliphatic rings. The smallest absolute Gasteiger partial charge is 0.257 e. The van der Waals surface area contributed by atoms with Crippen LogP contribution in [0.1, 0.15) is 23.3 Å². The topological polar surface area (TPSA) is 88.9 Å². The van der Waals surface area contributed by atoms with Crippen molar-refractivity contribution in [3.05, 3.63) is 65.7 Å². The number of hydrogen-bond acceptors (Lipinski definition) is 5. The normalized spacial score (nSPS) is 11.7. The lowest BCUT2D eigenvalue weighted by molar-refractivity contribution is -0.119. The second-order valence-corrected chi connectivity index (χ2v) is 7.20. The lowest BCUT2D eigenvalue weighted by Crippen LogP contribution is -2.24. The number of nitrogens with one attached hydrogen (secondary N) is 2. The molecule has 1 aromatic heterocycles. The number of amides is 2. The fourth-order valence-electron chi connectivity index (χ4n) is 2.42. The summed E-state index contributed by atoms with van der Waals surface area (Å²) in [5.74, 6) is -0.513. The first-order valence-corrected chi connectivity index (χ1v) is 9.98. The number of benzene rings is 2. The first-order chi connectivity index (χ1) is 13.5. The zero-order chi connectivity index (χ0) is 20.1. The number of carbonyl (C=O) groups excluding carboxylic acids is 2. The third-order valence-corrected chi connectivity index (χ3v) is 5.10. The number of nitrogens with zero attached hydrogens (tertiary/aromatic N) is 3. The van der Waals surface area contributed by atoms with Gasteiger partial charge in [-0.15, -0.1) is 11.8 Å². The van der Waals surface area contributed by atoms with Crippen LogP contribution in [-0.2, 0) is 4.79 Å². The molecule has 144 valence electrons. The van der Waals surface area contributed by atoms with E-state index in [2.05, 4.69) is 20.7 Å². The van der Waals surface area contributed by atoms with E-state index < -0.39 is 6.04 Å². The van der Waals surface area contributed by atoms with E-state index in [1.54, 1.807) is 43.3 Å². The molecule has 1 heterocycles. The maximum Gasteiger partial charge on any atom is 0.257 e. The van der Waals surface area contributed by atoms with Crippen LogP contribution in [0.4, 0.5) is 11.4 Å². The van der Waals surface area contributed by atoms with Gasteiger partial charge in [0, 0.05) is 16.3 Å². The first-order valence-electron chi connectivity index (χ1n) is 8.38. The molecule has 2 N–H and O–H groups in total. The summed E-state index contributed by atoms with van der Waals surface area (Å²) in [6.07, 6.45) is 4.80. The van der Waals surface area contributed by atoms with Gasteiger partial charge < -0.3 is 10.6 Å². The molecule has 0 radical (unpaired) electrons. The molecule has 7 nitrogen and oxygen atoms in total. The van der Waals surface area contributed by atoms with Crippen LogP contribution < -0.4 is 10.6 Å². The molecule has 3 aromatic rings. The van der Waals surface area contributed by atoms with Gasteiger partial charge in [-0.3, -0.25) is 9.59 Å². The van der Waals surface area contributed by atoms with Crippen molar-refractivity contribution in [3.63, 3.8) is 0 Å². The van der Waals surface area contributed by atoms with Crippen molar-refractivity contribution in [1.82, 2.24) is 14.8 Å². The summed E-state index contributed by atoms with van der Waals surface area (Å²) in [5, 5.41) is 9.96. The molecule has 0 spiro atoms. The number of halogens is 1. The Morgan fingerprint density at radius 2 is 1.79 bits per heavy atom. The van der Waals surface area contributed by atoms with Gasteiger partial charge in [-0.2, -0.15) is 5.10 Å². The number of thioether (sulfide) groups is 1. The van der Waals surface area contributed by atoms with Crippen LogP contribution in [0.3, 0.4) is 0 Å². The van der Waals surface area contributed by atoms with E-state index in [9.17, 15) is 9.59 Å². The van der Waals surface area contributed by atoms with Gasteiger partial charge in [0.15, 0.2) is 0 Å². The summed E-state index contributed by atoms with van der Waals surface area (Å²) < 4.78 is 1.47. The fraction of sp³-hybridized carbons (Fsp3) is 0.158. The molecule has 28 heavy (non-hydrogen) atoms. The van der Waals surface area contributed by atoms with Gasteiger partial charge in [-0.05, 0) is 55.6 Å². The predicted octanol–water partition coefficient (Wildman–Crippen LogP) is 4.11. The van der Waals surface area contributed by atoms with E-state index in [4.69, 9.17) is 11.6 Å². The van der Waals surface area contributed by atoms with E-state index in [0.717, 1.165) is 4.90 Å². The molecule has 2 amide bonds. The second kappa shape index (κ2) is 8.90. The molecule has 0 bridgehead atoms. The van der Waals surface area contributed by atoms with Gasteiger partial charge in [0.25, 0.3) is 5.91 Å². The highest BCUT2D eigenvalue weighted by atomic mass is 35.5. The van der Waals surface area contributed by atoms with Gasteiger partial charge in [-0.1, -0.05) is 11.6 Å². The van der Waals surface area contributed by atoms with Crippen molar-refractivity contribution in [2.24, 2.45) is 0 Å². The third kappa shape index (κ3) is 4.71. The van der Waals surface area contributed by atoms with E-state index in [0.29, 0.717) is 22.0 Å². The number of carbonyl (C=O) groups is 2. The Kier molecular flexibility index (Phi) is 6.33. The van der Waals surface area contributed by atoms with Crippen molar-refractivity contribution in [2.75, 3.05) is 16.9 Å². The Hall–Kier alpha value is -2.84. The summed E-state index contributed by atoms with van der Waals surface area (Å²) >= 11 is 7.67. The first kappa shape index (κ1) is 19.9. The summed E-state index contributed by atoms with van der Waals surface area (Å²) in [6.45, 7) is 1.73. The third-order valence-electron chi connectivity index (χ3n) is 4.04. The minimum Gasteiger partial charge on any atom is -0.324 e. The Balaban J connectivity index is 1.64. The van der Waals surface area contributed by atoms with Crippen LogP contribution in [0.25, 0.3) is 0 Å². The Bertz CT molecular complexity index is 976. The maximum atomic E-state index is 12.5. The Morgan fingerprint density at radius 1 is 1.11 bits per heavy atom. The molecule has 0 saturated carbocycles.